The van der Waals surface area contributed by atoms with Crippen molar-refractivity contribution < 1.29 is 14.3 Å². The molecule has 0 unspecified atom stereocenters. The lowest BCUT2D eigenvalue weighted by Crippen LogP contribution is -2.15. The Hall–Kier alpha value is -2.60. The summed E-state index contributed by atoms with van der Waals surface area (Å²) in [6.07, 6.45) is 0. The number of benzene rings is 2. The molecule has 2 aromatic carbocycles. The summed E-state index contributed by atoms with van der Waals surface area (Å²) in [5, 5.41) is 3.56. The smallest absolute Gasteiger partial charge is 0.356 e. The van der Waals surface area contributed by atoms with Gasteiger partial charge in [0.15, 0.2) is 0 Å². The van der Waals surface area contributed by atoms with Gasteiger partial charge in [0.25, 0.3) is 5.91 Å². The van der Waals surface area contributed by atoms with E-state index in [4.69, 9.17) is 4.74 Å². The number of amides is 1. The van der Waals surface area contributed by atoms with Gasteiger partial charge < -0.3 is 15.0 Å². The molecule has 1 aromatic heterocycles. The molecule has 0 saturated carbocycles. The SMILES string of the molecule is CCOC(=O)c1[nH]c2c(Br)cccc2c1NC(=O)c1ccccc1. The fraction of sp³-hybridized carbons (Fsp3) is 0.111. The maximum atomic E-state index is 12.5. The molecule has 1 heterocycles. The monoisotopic (exact) mass is 386 g/mol. The Bertz CT molecular complexity index is 903. The highest BCUT2D eigenvalue weighted by Crippen LogP contribution is 2.33. The summed E-state index contributed by atoms with van der Waals surface area (Å²) >= 11 is 3.45. The van der Waals surface area contributed by atoms with Crippen LogP contribution in [-0.2, 0) is 4.74 Å². The normalized spacial score (nSPS) is 10.6. The van der Waals surface area contributed by atoms with Gasteiger partial charge in [-0.15, -0.1) is 0 Å². The first-order chi connectivity index (χ1) is 11.6. The van der Waals surface area contributed by atoms with Crippen LogP contribution in [-0.4, -0.2) is 23.5 Å². The van der Waals surface area contributed by atoms with E-state index in [1.54, 1.807) is 31.2 Å². The Morgan fingerprint density at radius 2 is 1.88 bits per heavy atom. The van der Waals surface area contributed by atoms with Crippen LogP contribution in [0, 0.1) is 0 Å². The number of para-hydroxylation sites is 1. The molecular formula is C18H15BrN2O3. The minimum Gasteiger partial charge on any atom is -0.461 e. The van der Waals surface area contributed by atoms with Crippen molar-refractivity contribution in [2.75, 3.05) is 11.9 Å². The zero-order chi connectivity index (χ0) is 17.1. The molecular weight excluding hydrogens is 372 g/mol. The molecule has 0 atom stereocenters. The fourth-order valence-electron chi connectivity index (χ4n) is 2.44. The molecule has 122 valence electrons. The van der Waals surface area contributed by atoms with E-state index >= 15 is 0 Å². The van der Waals surface area contributed by atoms with Crippen molar-refractivity contribution in [3.63, 3.8) is 0 Å². The first-order valence-corrected chi connectivity index (χ1v) is 8.24. The molecule has 3 aromatic rings. The highest BCUT2D eigenvalue weighted by molar-refractivity contribution is 9.10. The van der Waals surface area contributed by atoms with Gasteiger partial charge in [0.1, 0.15) is 5.69 Å². The molecule has 0 fully saturated rings. The van der Waals surface area contributed by atoms with Crippen molar-refractivity contribution >= 4 is 44.4 Å². The van der Waals surface area contributed by atoms with Crippen LogP contribution in [0.5, 0.6) is 0 Å². The summed E-state index contributed by atoms with van der Waals surface area (Å²) < 4.78 is 5.89. The molecule has 24 heavy (non-hydrogen) atoms. The second-order valence-electron chi connectivity index (χ2n) is 5.08. The van der Waals surface area contributed by atoms with Crippen LogP contribution in [0.25, 0.3) is 10.9 Å². The lowest BCUT2D eigenvalue weighted by Gasteiger charge is -2.07. The van der Waals surface area contributed by atoms with Crippen molar-refractivity contribution in [2.45, 2.75) is 6.92 Å². The van der Waals surface area contributed by atoms with E-state index in [0.29, 0.717) is 11.3 Å². The van der Waals surface area contributed by atoms with Gasteiger partial charge in [0.2, 0.25) is 0 Å². The summed E-state index contributed by atoms with van der Waals surface area (Å²) in [6.45, 7) is 1.99. The van der Waals surface area contributed by atoms with Gasteiger partial charge in [-0.25, -0.2) is 4.79 Å². The number of hydrogen-bond donors (Lipinski definition) is 2. The first-order valence-electron chi connectivity index (χ1n) is 7.45. The lowest BCUT2D eigenvalue weighted by atomic mass is 10.2. The predicted molar refractivity (Wildman–Crippen MR) is 96.4 cm³/mol. The van der Waals surface area contributed by atoms with E-state index < -0.39 is 5.97 Å². The second-order valence-corrected chi connectivity index (χ2v) is 5.93. The number of rotatable bonds is 4. The van der Waals surface area contributed by atoms with Gasteiger partial charge in [0.05, 0.1) is 17.8 Å². The molecule has 0 saturated heterocycles. The van der Waals surface area contributed by atoms with Gasteiger partial charge in [-0.05, 0) is 41.1 Å². The molecule has 2 N–H and O–H groups in total. The predicted octanol–water partition coefficient (Wildman–Crippen LogP) is 4.36. The summed E-state index contributed by atoms with van der Waals surface area (Å²) in [5.41, 5.74) is 1.88. The molecule has 1 amide bonds. The van der Waals surface area contributed by atoms with E-state index in [1.807, 2.05) is 24.3 Å². The zero-order valence-corrected chi connectivity index (χ0v) is 14.5. The number of carbonyl (C=O) groups excluding carboxylic acids is 2. The van der Waals surface area contributed by atoms with E-state index in [9.17, 15) is 9.59 Å². The van der Waals surface area contributed by atoms with Crippen LogP contribution in [0.1, 0.15) is 27.8 Å². The van der Waals surface area contributed by atoms with Crippen LogP contribution < -0.4 is 5.32 Å². The van der Waals surface area contributed by atoms with Crippen LogP contribution in [0.4, 0.5) is 5.69 Å². The number of H-pyrrole nitrogens is 1. The van der Waals surface area contributed by atoms with E-state index in [1.165, 1.54) is 0 Å². The van der Waals surface area contributed by atoms with Crippen molar-refractivity contribution in [1.82, 2.24) is 4.98 Å². The number of aromatic amines is 1. The number of fused-ring (bicyclic) bond motifs is 1. The highest BCUT2D eigenvalue weighted by Gasteiger charge is 2.22. The minimum absolute atomic E-state index is 0.225. The molecule has 5 nitrogen and oxygen atoms in total. The molecule has 3 rings (SSSR count). The largest absolute Gasteiger partial charge is 0.461 e. The molecule has 0 spiro atoms. The third kappa shape index (κ3) is 3.05. The Morgan fingerprint density at radius 1 is 1.12 bits per heavy atom. The topological polar surface area (TPSA) is 71.2 Å². The fourth-order valence-corrected chi connectivity index (χ4v) is 2.91. The molecule has 6 heteroatoms. The Balaban J connectivity index is 2.07. The Kier molecular flexibility index (Phi) is 4.66. The van der Waals surface area contributed by atoms with E-state index in [0.717, 1.165) is 15.4 Å². The Morgan fingerprint density at radius 3 is 2.58 bits per heavy atom. The molecule has 0 bridgehead atoms. The minimum atomic E-state index is -0.510. The first kappa shape index (κ1) is 16.3. The van der Waals surface area contributed by atoms with E-state index in [2.05, 4.69) is 26.2 Å². The van der Waals surface area contributed by atoms with Gasteiger partial charge in [-0.2, -0.15) is 0 Å². The summed E-state index contributed by atoms with van der Waals surface area (Å²) in [5.74, 6) is -0.800. The van der Waals surface area contributed by atoms with Crippen LogP contribution in [0.2, 0.25) is 0 Å². The van der Waals surface area contributed by atoms with Crippen LogP contribution in [0.15, 0.2) is 53.0 Å². The summed E-state index contributed by atoms with van der Waals surface area (Å²) in [7, 11) is 0. The second kappa shape index (κ2) is 6.88. The molecule has 0 radical (unpaired) electrons. The number of anilines is 1. The van der Waals surface area contributed by atoms with Gasteiger partial charge in [-0.1, -0.05) is 30.3 Å². The van der Waals surface area contributed by atoms with Gasteiger partial charge in [0, 0.05) is 15.4 Å². The maximum absolute atomic E-state index is 12.5. The highest BCUT2D eigenvalue weighted by atomic mass is 79.9. The Labute approximate surface area is 147 Å². The maximum Gasteiger partial charge on any atom is 0.356 e. The molecule has 0 aliphatic heterocycles. The number of hydrogen-bond acceptors (Lipinski definition) is 3. The van der Waals surface area contributed by atoms with Gasteiger partial charge >= 0.3 is 5.97 Å². The average Bonchev–Trinajstić information content (AvgIpc) is 2.96. The number of carbonyl (C=O) groups is 2. The average molecular weight is 387 g/mol. The van der Waals surface area contributed by atoms with E-state index in [-0.39, 0.29) is 18.2 Å². The quantitative estimate of drug-likeness (QED) is 0.654. The third-order valence-electron chi connectivity index (χ3n) is 3.54. The van der Waals surface area contributed by atoms with Crippen molar-refractivity contribution in [3.8, 4) is 0 Å². The number of ether oxygens (including phenoxy) is 1. The van der Waals surface area contributed by atoms with Crippen molar-refractivity contribution in [2.24, 2.45) is 0 Å². The van der Waals surface area contributed by atoms with Crippen LogP contribution >= 0.6 is 15.9 Å². The van der Waals surface area contributed by atoms with Crippen molar-refractivity contribution in [1.29, 1.82) is 0 Å². The standard InChI is InChI=1S/C18H15BrN2O3/c1-2-24-18(23)16-15(12-9-6-10-13(19)14(12)20-16)21-17(22)11-7-4-3-5-8-11/h3-10,20H,2H2,1H3,(H,21,22). The van der Waals surface area contributed by atoms with Crippen molar-refractivity contribution in [3.05, 3.63) is 64.3 Å². The number of aromatic nitrogens is 1. The number of nitrogens with one attached hydrogen (secondary N) is 2. The lowest BCUT2D eigenvalue weighted by molar-refractivity contribution is 0.0522. The zero-order valence-electron chi connectivity index (χ0n) is 12.9. The molecule has 0 aliphatic rings. The van der Waals surface area contributed by atoms with Crippen LogP contribution in [0.3, 0.4) is 0 Å². The number of halogens is 1. The van der Waals surface area contributed by atoms with Gasteiger partial charge in [-0.3, -0.25) is 4.79 Å². The summed E-state index contributed by atoms with van der Waals surface area (Å²) in [6, 6.07) is 14.4. The summed E-state index contributed by atoms with van der Waals surface area (Å²) in [4.78, 5) is 27.8. The third-order valence-corrected chi connectivity index (χ3v) is 4.20. The number of esters is 1. The molecule has 0 aliphatic carbocycles.